The van der Waals surface area contributed by atoms with Gasteiger partial charge >= 0.3 is 0 Å². The summed E-state index contributed by atoms with van der Waals surface area (Å²) in [5, 5.41) is 10.8. The molecule has 3 heteroatoms. The van der Waals surface area contributed by atoms with Crippen molar-refractivity contribution in [2.24, 2.45) is 0 Å². The number of H-pyrrole nitrogens is 1. The fourth-order valence-electron chi connectivity index (χ4n) is 1.56. The molecule has 2 nitrogen and oxygen atoms in total. The number of fused-ring (bicyclic) bond motifs is 1. The fraction of sp³-hybridized carbons (Fsp3) is 0.333. The summed E-state index contributed by atoms with van der Waals surface area (Å²) >= 11 is 6.02. The third-order valence-corrected chi connectivity index (χ3v) is 2.92. The zero-order valence-corrected chi connectivity index (χ0v) is 9.81. The van der Waals surface area contributed by atoms with Crippen LogP contribution in [0, 0.1) is 0 Å². The monoisotopic (exact) mass is 223 g/mol. The number of phenols is 1. The van der Waals surface area contributed by atoms with E-state index in [0.29, 0.717) is 5.02 Å². The molecule has 0 aliphatic heterocycles. The molecular formula is C12H14ClNO. The summed E-state index contributed by atoms with van der Waals surface area (Å²) in [6.07, 6.45) is 0. The number of benzene rings is 1. The van der Waals surface area contributed by atoms with Gasteiger partial charge in [-0.05, 0) is 18.2 Å². The van der Waals surface area contributed by atoms with Gasteiger partial charge in [0.15, 0.2) is 0 Å². The fourth-order valence-corrected chi connectivity index (χ4v) is 1.78. The number of phenolic OH excluding ortho intramolecular Hbond substituents is 1. The van der Waals surface area contributed by atoms with E-state index >= 15 is 0 Å². The summed E-state index contributed by atoms with van der Waals surface area (Å²) in [6.45, 7) is 6.39. The molecule has 2 N–H and O–H groups in total. The highest BCUT2D eigenvalue weighted by molar-refractivity contribution is 6.36. The van der Waals surface area contributed by atoms with Crippen LogP contribution in [0.4, 0.5) is 0 Å². The number of aromatic amines is 1. The van der Waals surface area contributed by atoms with Crippen LogP contribution in [0.25, 0.3) is 10.9 Å². The number of aromatic nitrogens is 1. The highest BCUT2D eigenvalue weighted by Crippen LogP contribution is 2.34. The van der Waals surface area contributed by atoms with Gasteiger partial charge in [-0.3, -0.25) is 0 Å². The molecule has 2 rings (SSSR count). The SMILES string of the molecule is CC(C)(C)c1cc2c(Cl)c(O)ccc2[nH]1. The molecule has 1 heterocycles. The molecule has 0 saturated heterocycles. The maximum atomic E-state index is 9.48. The molecule has 0 fully saturated rings. The first kappa shape index (κ1) is 10.4. The lowest BCUT2D eigenvalue weighted by Gasteiger charge is -2.15. The number of aromatic hydroxyl groups is 1. The van der Waals surface area contributed by atoms with E-state index in [4.69, 9.17) is 11.6 Å². The predicted octanol–water partition coefficient (Wildman–Crippen LogP) is 3.82. The molecular weight excluding hydrogens is 210 g/mol. The molecule has 0 bridgehead atoms. The Hall–Kier alpha value is -1.15. The highest BCUT2D eigenvalue weighted by Gasteiger charge is 2.17. The summed E-state index contributed by atoms with van der Waals surface area (Å²) in [6, 6.07) is 5.44. The van der Waals surface area contributed by atoms with Crippen molar-refractivity contribution in [2.75, 3.05) is 0 Å². The second kappa shape index (κ2) is 3.17. The molecule has 0 aliphatic carbocycles. The van der Waals surface area contributed by atoms with Gasteiger partial charge in [0.1, 0.15) is 5.75 Å². The molecule has 0 saturated carbocycles. The molecule has 0 radical (unpaired) electrons. The zero-order valence-electron chi connectivity index (χ0n) is 9.06. The van der Waals surface area contributed by atoms with Gasteiger partial charge in [0.05, 0.1) is 5.02 Å². The lowest BCUT2D eigenvalue weighted by Crippen LogP contribution is -2.10. The van der Waals surface area contributed by atoms with Gasteiger partial charge in [0.2, 0.25) is 0 Å². The molecule has 80 valence electrons. The Morgan fingerprint density at radius 1 is 1.27 bits per heavy atom. The minimum Gasteiger partial charge on any atom is -0.506 e. The largest absolute Gasteiger partial charge is 0.506 e. The van der Waals surface area contributed by atoms with Crippen molar-refractivity contribution < 1.29 is 5.11 Å². The number of halogens is 1. The normalized spacial score (nSPS) is 12.3. The minimum absolute atomic E-state index is 0.0535. The van der Waals surface area contributed by atoms with Gasteiger partial charge in [-0.1, -0.05) is 32.4 Å². The minimum atomic E-state index is 0.0535. The Morgan fingerprint density at radius 3 is 2.53 bits per heavy atom. The number of nitrogens with one attached hydrogen (secondary N) is 1. The summed E-state index contributed by atoms with van der Waals surface area (Å²) in [5.41, 5.74) is 2.13. The van der Waals surface area contributed by atoms with Gasteiger partial charge in [0.25, 0.3) is 0 Å². The quantitative estimate of drug-likeness (QED) is 0.700. The van der Waals surface area contributed by atoms with Gasteiger partial charge in [-0.2, -0.15) is 0 Å². The summed E-state index contributed by atoms with van der Waals surface area (Å²) in [4.78, 5) is 3.31. The molecule has 0 aliphatic rings. The Kier molecular flexibility index (Phi) is 2.19. The van der Waals surface area contributed by atoms with Crippen molar-refractivity contribution >= 4 is 22.5 Å². The number of hydrogen-bond donors (Lipinski definition) is 2. The van der Waals surface area contributed by atoms with E-state index in [9.17, 15) is 5.11 Å². The van der Waals surface area contributed by atoms with Crippen molar-refractivity contribution in [1.29, 1.82) is 0 Å². The van der Waals surface area contributed by atoms with Crippen molar-refractivity contribution in [2.45, 2.75) is 26.2 Å². The Bertz CT molecular complexity index is 508. The third-order valence-electron chi connectivity index (χ3n) is 2.53. The van der Waals surface area contributed by atoms with Crippen LogP contribution in [0.3, 0.4) is 0 Å². The molecule has 0 amide bonds. The maximum Gasteiger partial charge on any atom is 0.134 e. The summed E-state index contributed by atoms with van der Waals surface area (Å²) < 4.78 is 0. The molecule has 0 unspecified atom stereocenters. The smallest absolute Gasteiger partial charge is 0.134 e. The average Bonchev–Trinajstić information content (AvgIpc) is 2.55. The van der Waals surface area contributed by atoms with E-state index in [1.165, 1.54) is 0 Å². The standard InChI is InChI=1S/C12H14ClNO/c1-12(2,3)10-6-7-8(14-10)4-5-9(15)11(7)13/h4-6,14-15H,1-3H3. The lowest BCUT2D eigenvalue weighted by molar-refractivity contribution is 0.476. The first-order valence-corrected chi connectivity index (χ1v) is 5.28. The zero-order chi connectivity index (χ0) is 11.2. The van der Waals surface area contributed by atoms with E-state index < -0.39 is 0 Å². The average molecular weight is 224 g/mol. The number of hydrogen-bond acceptors (Lipinski definition) is 1. The molecule has 1 aromatic carbocycles. The van der Waals surface area contributed by atoms with Crippen LogP contribution in [0.1, 0.15) is 26.5 Å². The Morgan fingerprint density at radius 2 is 1.93 bits per heavy atom. The van der Waals surface area contributed by atoms with Gasteiger partial charge < -0.3 is 10.1 Å². The van der Waals surface area contributed by atoms with E-state index in [1.54, 1.807) is 6.07 Å². The Labute approximate surface area is 93.9 Å². The number of rotatable bonds is 0. The first-order valence-electron chi connectivity index (χ1n) is 4.90. The molecule has 15 heavy (non-hydrogen) atoms. The van der Waals surface area contributed by atoms with E-state index in [1.807, 2.05) is 12.1 Å². The highest BCUT2D eigenvalue weighted by atomic mass is 35.5. The van der Waals surface area contributed by atoms with Crippen LogP contribution in [-0.2, 0) is 5.41 Å². The summed E-state index contributed by atoms with van der Waals surface area (Å²) in [7, 11) is 0. The molecule has 2 aromatic rings. The van der Waals surface area contributed by atoms with Crippen LogP contribution in [0.15, 0.2) is 18.2 Å². The third kappa shape index (κ3) is 1.70. The van der Waals surface area contributed by atoms with Crippen LogP contribution in [0.2, 0.25) is 5.02 Å². The summed E-state index contributed by atoms with van der Waals surface area (Å²) in [5.74, 6) is 0.128. The second-order valence-electron chi connectivity index (χ2n) is 4.79. The van der Waals surface area contributed by atoms with Gasteiger partial charge in [-0.25, -0.2) is 0 Å². The van der Waals surface area contributed by atoms with Crippen molar-refractivity contribution in [3.8, 4) is 5.75 Å². The van der Waals surface area contributed by atoms with Crippen LogP contribution >= 0.6 is 11.6 Å². The molecule has 0 atom stereocenters. The molecule has 1 aromatic heterocycles. The first-order chi connectivity index (χ1) is 6.89. The van der Waals surface area contributed by atoms with E-state index in [0.717, 1.165) is 16.6 Å². The molecule has 0 spiro atoms. The lowest BCUT2D eigenvalue weighted by atomic mass is 9.92. The van der Waals surface area contributed by atoms with Crippen molar-refractivity contribution in [3.05, 3.63) is 28.9 Å². The van der Waals surface area contributed by atoms with E-state index in [2.05, 4.69) is 25.8 Å². The Balaban J connectivity index is 2.72. The van der Waals surface area contributed by atoms with Gasteiger partial charge in [0, 0.05) is 22.0 Å². The van der Waals surface area contributed by atoms with Gasteiger partial charge in [-0.15, -0.1) is 0 Å². The van der Waals surface area contributed by atoms with Crippen LogP contribution < -0.4 is 0 Å². The van der Waals surface area contributed by atoms with Crippen LogP contribution in [-0.4, -0.2) is 10.1 Å². The second-order valence-corrected chi connectivity index (χ2v) is 5.17. The van der Waals surface area contributed by atoms with E-state index in [-0.39, 0.29) is 11.2 Å². The van der Waals surface area contributed by atoms with Crippen molar-refractivity contribution in [1.82, 2.24) is 4.98 Å². The predicted molar refractivity (Wildman–Crippen MR) is 63.7 cm³/mol. The van der Waals surface area contributed by atoms with Crippen LogP contribution in [0.5, 0.6) is 5.75 Å². The topological polar surface area (TPSA) is 36.0 Å². The van der Waals surface area contributed by atoms with Crippen molar-refractivity contribution in [3.63, 3.8) is 0 Å². The maximum absolute atomic E-state index is 9.48.